The van der Waals surface area contributed by atoms with Crippen molar-refractivity contribution in [2.75, 3.05) is 18.1 Å². The van der Waals surface area contributed by atoms with Gasteiger partial charge in [0.1, 0.15) is 5.75 Å². The summed E-state index contributed by atoms with van der Waals surface area (Å²) in [6.07, 6.45) is 2.44. The Labute approximate surface area is 159 Å². The summed E-state index contributed by atoms with van der Waals surface area (Å²) in [4.78, 5) is 14.5. The smallest absolute Gasteiger partial charge is 0.261 e. The van der Waals surface area contributed by atoms with Gasteiger partial charge >= 0.3 is 0 Å². The van der Waals surface area contributed by atoms with Gasteiger partial charge in [-0.15, -0.1) is 0 Å². The number of sulfone groups is 1. The largest absolute Gasteiger partial charge is 0.484 e. The van der Waals surface area contributed by atoms with Gasteiger partial charge in [0.15, 0.2) is 16.4 Å². The van der Waals surface area contributed by atoms with Gasteiger partial charge in [0.05, 0.1) is 11.5 Å². The number of hydrogen-bond acceptors (Lipinski definition) is 4. The van der Waals surface area contributed by atoms with Gasteiger partial charge in [0.25, 0.3) is 5.91 Å². The molecular weight excluding hydrogens is 362 g/mol. The topological polar surface area (TPSA) is 63.7 Å². The summed E-state index contributed by atoms with van der Waals surface area (Å²) in [7, 11) is -3.01. The molecule has 142 valence electrons. The van der Waals surface area contributed by atoms with Crippen LogP contribution in [0, 0.1) is 0 Å². The molecule has 2 aromatic rings. The molecule has 27 heavy (non-hydrogen) atoms. The molecule has 0 bridgehead atoms. The molecule has 5 nitrogen and oxygen atoms in total. The van der Waals surface area contributed by atoms with E-state index in [-0.39, 0.29) is 36.1 Å². The molecule has 2 aromatic carbocycles. The van der Waals surface area contributed by atoms with E-state index in [2.05, 4.69) is 0 Å². The molecule has 2 aliphatic rings. The van der Waals surface area contributed by atoms with Crippen LogP contribution in [0.3, 0.4) is 0 Å². The first-order valence-corrected chi connectivity index (χ1v) is 11.1. The molecule has 6 heteroatoms. The molecule has 1 aliphatic heterocycles. The molecule has 2 fully saturated rings. The van der Waals surface area contributed by atoms with E-state index in [9.17, 15) is 13.2 Å². The molecule has 0 radical (unpaired) electrons. The summed E-state index contributed by atoms with van der Waals surface area (Å²) in [5.41, 5.74) is 2.22. The number of amides is 1. The van der Waals surface area contributed by atoms with Crippen molar-refractivity contribution in [1.29, 1.82) is 0 Å². The van der Waals surface area contributed by atoms with Gasteiger partial charge in [-0.1, -0.05) is 42.5 Å². The lowest BCUT2D eigenvalue weighted by molar-refractivity contribution is -0.135. The second-order valence-corrected chi connectivity index (χ2v) is 9.50. The van der Waals surface area contributed by atoms with Gasteiger partial charge < -0.3 is 9.64 Å². The predicted molar refractivity (Wildman–Crippen MR) is 104 cm³/mol. The number of hydrogen-bond donors (Lipinski definition) is 0. The van der Waals surface area contributed by atoms with E-state index in [0.717, 1.165) is 24.0 Å². The highest BCUT2D eigenvalue weighted by atomic mass is 32.2. The minimum absolute atomic E-state index is 0.0578. The molecule has 1 atom stereocenters. The van der Waals surface area contributed by atoms with Gasteiger partial charge in [-0.3, -0.25) is 4.79 Å². The van der Waals surface area contributed by atoms with Crippen molar-refractivity contribution in [3.8, 4) is 16.9 Å². The van der Waals surface area contributed by atoms with Crippen molar-refractivity contribution in [2.45, 2.75) is 31.3 Å². The van der Waals surface area contributed by atoms with Crippen LogP contribution < -0.4 is 4.74 Å². The molecule has 1 heterocycles. The third-order valence-corrected chi connectivity index (χ3v) is 6.90. The fourth-order valence-electron chi connectivity index (χ4n) is 3.65. The molecule has 1 aliphatic carbocycles. The maximum Gasteiger partial charge on any atom is 0.261 e. The second-order valence-electron chi connectivity index (χ2n) is 7.27. The Hall–Kier alpha value is -2.34. The Morgan fingerprint density at radius 2 is 1.59 bits per heavy atom. The second kappa shape index (κ2) is 7.35. The summed E-state index contributed by atoms with van der Waals surface area (Å²) in [5, 5.41) is 0. The van der Waals surface area contributed by atoms with Crippen LogP contribution in [-0.4, -0.2) is 49.4 Å². The summed E-state index contributed by atoms with van der Waals surface area (Å²) in [5.74, 6) is 0.779. The average molecular weight is 385 g/mol. The normalized spacial score (nSPS) is 21.0. The molecule has 0 N–H and O–H groups in total. The average Bonchev–Trinajstić information content (AvgIpc) is 3.44. The Bertz CT molecular complexity index is 905. The maximum absolute atomic E-state index is 12.7. The number of benzene rings is 2. The SMILES string of the molecule is O=C(COc1ccc(-c2ccccc2)cc1)N(C1CC1)[C@@H]1CCS(=O)(=O)C1. The van der Waals surface area contributed by atoms with Gasteiger partial charge in [-0.05, 0) is 42.5 Å². The minimum Gasteiger partial charge on any atom is -0.484 e. The van der Waals surface area contributed by atoms with Gasteiger partial charge in [-0.2, -0.15) is 0 Å². The summed E-state index contributed by atoms with van der Waals surface area (Å²) in [6, 6.07) is 17.7. The molecule has 0 unspecified atom stereocenters. The van der Waals surface area contributed by atoms with Gasteiger partial charge in [0, 0.05) is 12.1 Å². The van der Waals surface area contributed by atoms with E-state index in [1.54, 1.807) is 4.90 Å². The fraction of sp³-hybridized carbons (Fsp3) is 0.381. The molecule has 0 aromatic heterocycles. The lowest BCUT2D eigenvalue weighted by Crippen LogP contribution is -2.45. The van der Waals surface area contributed by atoms with Gasteiger partial charge in [0.2, 0.25) is 0 Å². The minimum atomic E-state index is -3.01. The predicted octanol–water partition coefficient (Wildman–Crippen LogP) is 2.91. The molecule has 4 rings (SSSR count). The highest BCUT2D eigenvalue weighted by Gasteiger charge is 2.42. The van der Waals surface area contributed by atoms with E-state index >= 15 is 0 Å². The number of ether oxygens (including phenoxy) is 1. The third kappa shape index (κ3) is 4.33. The Kier molecular flexibility index (Phi) is 4.91. The first-order chi connectivity index (χ1) is 13.0. The zero-order chi connectivity index (χ0) is 18.9. The molecule has 1 saturated heterocycles. The highest BCUT2D eigenvalue weighted by Crippen LogP contribution is 2.32. The maximum atomic E-state index is 12.7. The van der Waals surface area contributed by atoms with Crippen molar-refractivity contribution in [3.05, 3.63) is 54.6 Å². The van der Waals surface area contributed by atoms with Crippen LogP contribution in [0.2, 0.25) is 0 Å². The zero-order valence-electron chi connectivity index (χ0n) is 15.1. The Morgan fingerprint density at radius 3 is 2.19 bits per heavy atom. The monoisotopic (exact) mass is 385 g/mol. The van der Waals surface area contributed by atoms with E-state index < -0.39 is 9.84 Å². The van der Waals surface area contributed by atoms with E-state index in [0.29, 0.717) is 12.2 Å². The van der Waals surface area contributed by atoms with Crippen molar-refractivity contribution < 1.29 is 17.9 Å². The standard InChI is InChI=1S/C21H23NO4S/c23-21(22(18-8-9-18)19-12-13-27(24,25)15-19)14-26-20-10-6-17(7-11-20)16-4-2-1-3-5-16/h1-7,10-11,18-19H,8-9,12-15H2/t19-/m1/s1. The first kappa shape index (κ1) is 18.0. The summed E-state index contributed by atoms with van der Waals surface area (Å²) >= 11 is 0. The van der Waals surface area contributed by atoms with Crippen molar-refractivity contribution in [2.24, 2.45) is 0 Å². The van der Waals surface area contributed by atoms with Gasteiger partial charge in [-0.25, -0.2) is 8.42 Å². The van der Waals surface area contributed by atoms with E-state index in [1.165, 1.54) is 0 Å². The van der Waals surface area contributed by atoms with Crippen molar-refractivity contribution in [1.82, 2.24) is 4.90 Å². The fourth-order valence-corrected chi connectivity index (χ4v) is 5.36. The van der Waals surface area contributed by atoms with Crippen LogP contribution in [0.25, 0.3) is 11.1 Å². The van der Waals surface area contributed by atoms with Crippen LogP contribution >= 0.6 is 0 Å². The summed E-state index contributed by atoms with van der Waals surface area (Å²) in [6.45, 7) is -0.0578. The van der Waals surface area contributed by atoms with Crippen LogP contribution in [0.15, 0.2) is 54.6 Å². The van der Waals surface area contributed by atoms with Crippen LogP contribution in [0.5, 0.6) is 5.75 Å². The van der Waals surface area contributed by atoms with E-state index in [4.69, 9.17) is 4.74 Å². The number of rotatable bonds is 6. The van der Waals surface area contributed by atoms with E-state index in [1.807, 2.05) is 54.6 Å². The Morgan fingerprint density at radius 1 is 0.926 bits per heavy atom. The zero-order valence-corrected chi connectivity index (χ0v) is 15.9. The number of carbonyl (C=O) groups excluding carboxylic acids is 1. The quantitative estimate of drug-likeness (QED) is 0.767. The molecule has 0 spiro atoms. The van der Waals surface area contributed by atoms with Crippen molar-refractivity contribution in [3.63, 3.8) is 0 Å². The van der Waals surface area contributed by atoms with Crippen LogP contribution in [-0.2, 0) is 14.6 Å². The Balaban J connectivity index is 1.38. The van der Waals surface area contributed by atoms with Crippen LogP contribution in [0.4, 0.5) is 0 Å². The third-order valence-electron chi connectivity index (χ3n) is 5.15. The van der Waals surface area contributed by atoms with Crippen LogP contribution in [0.1, 0.15) is 19.3 Å². The number of carbonyl (C=O) groups is 1. The summed E-state index contributed by atoms with van der Waals surface area (Å²) < 4.78 is 29.2. The number of nitrogens with zero attached hydrogens (tertiary/aromatic N) is 1. The first-order valence-electron chi connectivity index (χ1n) is 9.32. The molecular formula is C21H23NO4S. The van der Waals surface area contributed by atoms with Crippen molar-refractivity contribution >= 4 is 15.7 Å². The highest BCUT2D eigenvalue weighted by molar-refractivity contribution is 7.91. The lowest BCUT2D eigenvalue weighted by Gasteiger charge is -2.28. The molecule has 1 amide bonds. The molecule has 1 saturated carbocycles. The lowest BCUT2D eigenvalue weighted by atomic mass is 10.1.